The van der Waals surface area contributed by atoms with Crippen molar-refractivity contribution in [3.05, 3.63) is 145 Å². The van der Waals surface area contributed by atoms with Crippen LogP contribution in [0.1, 0.15) is 187 Å². The summed E-state index contributed by atoms with van der Waals surface area (Å²) in [6.07, 6.45) is 32.6. The molecule has 0 amide bonds. The van der Waals surface area contributed by atoms with Gasteiger partial charge in [-0.15, -0.1) is 45.3 Å². The van der Waals surface area contributed by atoms with Crippen molar-refractivity contribution in [1.29, 1.82) is 10.5 Å². The van der Waals surface area contributed by atoms with E-state index in [0.29, 0.717) is 0 Å². The average molecular weight is 1140 g/mol. The summed E-state index contributed by atoms with van der Waals surface area (Å²) in [7, 11) is 0. The fraction of sp³-hybridized carbons (Fsp3) is 0.420. The quantitative estimate of drug-likeness (QED) is 0.0272. The smallest absolute Gasteiger partial charge is 0.346 e. The molecule has 2 aromatic carbocycles. The zero-order valence-electron chi connectivity index (χ0n) is 47.8. The van der Waals surface area contributed by atoms with Crippen LogP contribution in [0.5, 0.6) is 0 Å². The van der Waals surface area contributed by atoms with E-state index in [-0.39, 0.29) is 28.5 Å². The molecule has 0 spiro atoms. The van der Waals surface area contributed by atoms with Crippen molar-refractivity contribution in [2.45, 2.75) is 181 Å². The molecule has 11 heteroatoms. The van der Waals surface area contributed by atoms with Crippen LogP contribution in [0.4, 0.5) is 11.4 Å². The molecule has 4 aromatic heterocycles. The van der Waals surface area contributed by atoms with Crippen LogP contribution in [0.3, 0.4) is 0 Å². The molecule has 418 valence electrons. The summed E-state index contributed by atoms with van der Waals surface area (Å²) < 4.78 is 0. The Morgan fingerprint density at radius 3 is 1.50 bits per heavy atom. The van der Waals surface area contributed by atoms with Gasteiger partial charge >= 0.3 is 11.9 Å². The van der Waals surface area contributed by atoms with Gasteiger partial charge in [0.15, 0.2) is 0 Å². The van der Waals surface area contributed by atoms with Crippen molar-refractivity contribution in [3.63, 3.8) is 0 Å². The van der Waals surface area contributed by atoms with E-state index in [9.17, 15) is 30.3 Å². The third-order valence-electron chi connectivity index (χ3n) is 16.0. The number of para-hydroxylation sites is 1. The van der Waals surface area contributed by atoms with Gasteiger partial charge in [-0.2, -0.15) is 10.5 Å². The number of hydrogen-bond donors (Lipinski definition) is 2. The number of unbranched alkanes of at least 4 members (excludes halogenated alkanes) is 12. The van der Waals surface area contributed by atoms with E-state index in [2.05, 4.69) is 137 Å². The minimum Gasteiger partial charge on any atom is -0.477 e. The number of carboxylic acid groups (broad SMARTS) is 2. The molecule has 2 aliphatic rings. The number of carboxylic acids is 2. The lowest BCUT2D eigenvalue weighted by Gasteiger charge is -2.51. The van der Waals surface area contributed by atoms with Crippen molar-refractivity contribution in [1.82, 2.24) is 0 Å². The number of carbonyl (C=O) groups is 2. The average Bonchev–Trinajstić information content (AvgIpc) is 4.38. The summed E-state index contributed by atoms with van der Waals surface area (Å²) in [6.45, 7) is 13.9. The van der Waals surface area contributed by atoms with Crippen LogP contribution in [0.15, 0.2) is 102 Å². The molecule has 0 bridgehead atoms. The predicted molar refractivity (Wildman–Crippen MR) is 341 cm³/mol. The molecule has 1 aliphatic carbocycles. The van der Waals surface area contributed by atoms with Gasteiger partial charge in [-0.3, -0.25) is 0 Å². The summed E-state index contributed by atoms with van der Waals surface area (Å²) in [4.78, 5) is 35.5. The first-order valence-corrected chi connectivity index (χ1v) is 32.7. The van der Waals surface area contributed by atoms with Crippen LogP contribution in [-0.4, -0.2) is 28.2 Å². The molecular formula is C69H79N3O4S4. The summed E-state index contributed by atoms with van der Waals surface area (Å²) in [5.41, 5.74) is 10.5. The fourth-order valence-electron chi connectivity index (χ4n) is 11.7. The van der Waals surface area contributed by atoms with E-state index in [1.54, 1.807) is 28.7 Å². The Labute approximate surface area is 492 Å². The van der Waals surface area contributed by atoms with Crippen LogP contribution >= 0.6 is 45.3 Å². The Morgan fingerprint density at radius 1 is 0.575 bits per heavy atom. The molecule has 8 rings (SSSR count). The Bertz CT molecular complexity index is 3320. The first-order chi connectivity index (χ1) is 38.8. The summed E-state index contributed by atoms with van der Waals surface area (Å²) in [5, 5.41) is 39.1. The number of fused-ring (bicyclic) bond motifs is 2. The zero-order valence-corrected chi connectivity index (χ0v) is 51.1. The third kappa shape index (κ3) is 14.1. The minimum atomic E-state index is -1.20. The molecule has 0 saturated heterocycles. The second-order valence-corrected chi connectivity index (χ2v) is 26.6. The normalized spacial score (nSPS) is 15.8. The Morgan fingerprint density at radius 2 is 1.04 bits per heavy atom. The number of anilines is 2. The van der Waals surface area contributed by atoms with Gasteiger partial charge < -0.3 is 15.1 Å². The lowest BCUT2D eigenvalue weighted by molar-refractivity contribution is -0.133. The van der Waals surface area contributed by atoms with Gasteiger partial charge in [-0.1, -0.05) is 161 Å². The van der Waals surface area contributed by atoms with Crippen LogP contribution in [0.2, 0.25) is 0 Å². The first kappa shape index (κ1) is 60.0. The van der Waals surface area contributed by atoms with Crippen LogP contribution in [0.25, 0.3) is 47.7 Å². The van der Waals surface area contributed by atoms with Crippen LogP contribution in [0, 0.1) is 28.6 Å². The molecular weight excluding hydrogens is 1060 g/mol. The maximum absolute atomic E-state index is 12.0. The monoisotopic (exact) mass is 1140 g/mol. The number of nitriles is 2. The predicted octanol–water partition coefficient (Wildman–Crippen LogP) is 20.5. The topological polar surface area (TPSA) is 125 Å². The molecule has 2 unspecified atom stereocenters. The molecule has 0 radical (unpaired) electrons. The van der Waals surface area contributed by atoms with Crippen molar-refractivity contribution < 1.29 is 19.8 Å². The van der Waals surface area contributed by atoms with E-state index in [1.807, 2.05) is 34.8 Å². The molecule has 7 nitrogen and oxygen atoms in total. The lowest BCUT2D eigenvalue weighted by atomic mass is 9.64. The number of nitrogens with zero attached hydrogens (tertiary/aromatic N) is 3. The van der Waals surface area contributed by atoms with E-state index in [1.165, 1.54) is 131 Å². The van der Waals surface area contributed by atoms with Gasteiger partial charge in [0.1, 0.15) is 23.3 Å². The van der Waals surface area contributed by atoms with Gasteiger partial charge in [0.05, 0.1) is 6.04 Å². The third-order valence-corrected chi connectivity index (χ3v) is 21.1. The molecule has 2 N–H and O–H groups in total. The molecule has 80 heavy (non-hydrogen) atoms. The van der Waals surface area contributed by atoms with Crippen molar-refractivity contribution >= 4 is 86.4 Å². The number of aryl methyl sites for hydroxylation is 4. The van der Waals surface area contributed by atoms with Crippen molar-refractivity contribution in [2.75, 3.05) is 4.90 Å². The maximum atomic E-state index is 12.0. The number of thiophene rings is 4. The highest BCUT2D eigenvalue weighted by atomic mass is 32.1. The number of aliphatic carboxylic acids is 2. The SMILES string of the molecule is CCCCCCc1cc(-c2sc(/C=C(\C#N)C(=O)O)cc2CCCCCC)sc1C1=CC2C(C=C1)N(c1ccccc1)c1ccc(-c3sc(-c4sc(/C=C(\C#N)C(=O)O)cc4CCCCCC)cc3CCCCCC)cc1C2(C)C. The minimum absolute atomic E-state index is 0.0647. The molecule has 0 saturated carbocycles. The number of benzene rings is 2. The number of rotatable bonds is 29. The molecule has 0 fully saturated rings. The van der Waals surface area contributed by atoms with E-state index < -0.39 is 11.9 Å². The first-order valence-electron chi connectivity index (χ1n) is 29.4. The van der Waals surface area contributed by atoms with Crippen molar-refractivity contribution in [2.24, 2.45) is 5.92 Å². The standard InChI is InChI=1S/C69H79N3O4S4/c1-7-11-15-20-26-46-36-55(38-52(44-70)67(73)74)77-65(46)61-42-48(28-22-17-13-9-3)63(79-61)50-32-34-59-57(40-50)69(5,6)58-41-51(33-35-60(58)72(59)54-30-24-19-25-31-54)64-49(29-23-18-14-10-4)43-62(80-64)66-47(27-21-16-12-8-2)37-56(78-66)39-53(45-71)68(75)76/h19,24-25,30-43,57,59H,7-18,20-23,26-29H2,1-6H3,(H,73,74)(H,75,76)/b52-38+,53-39+. The summed E-state index contributed by atoms with van der Waals surface area (Å²) in [5.74, 6) is -2.30. The van der Waals surface area contributed by atoms with Gasteiger partial charge in [0.2, 0.25) is 0 Å². The van der Waals surface area contributed by atoms with Gasteiger partial charge in [0.25, 0.3) is 0 Å². The van der Waals surface area contributed by atoms with E-state index in [0.717, 1.165) is 92.5 Å². The Kier molecular flexibility index (Phi) is 21.4. The second kappa shape index (κ2) is 28.6. The van der Waals surface area contributed by atoms with Crippen LogP contribution < -0.4 is 4.90 Å². The fourth-order valence-corrected chi connectivity index (χ4v) is 16.7. The molecule has 1 aliphatic heterocycles. The largest absolute Gasteiger partial charge is 0.477 e. The second-order valence-electron chi connectivity index (χ2n) is 22.3. The highest BCUT2D eigenvalue weighted by molar-refractivity contribution is 7.24. The van der Waals surface area contributed by atoms with Crippen molar-refractivity contribution in [3.8, 4) is 42.1 Å². The van der Waals surface area contributed by atoms with Gasteiger partial charge in [-0.25, -0.2) is 9.59 Å². The lowest BCUT2D eigenvalue weighted by Crippen LogP contribution is -2.50. The van der Waals surface area contributed by atoms with Gasteiger partial charge in [0, 0.05) is 61.7 Å². The number of hydrogen-bond acceptors (Lipinski definition) is 9. The Hall–Kier alpha value is -6.08. The summed E-state index contributed by atoms with van der Waals surface area (Å²) >= 11 is 6.93. The molecule has 6 aromatic rings. The Balaban J connectivity index is 1.24. The zero-order chi connectivity index (χ0) is 56.8. The maximum Gasteiger partial charge on any atom is 0.346 e. The van der Waals surface area contributed by atoms with Gasteiger partial charge in [-0.05, 0) is 151 Å². The molecule has 5 heterocycles. The molecule has 2 atom stereocenters. The highest BCUT2D eigenvalue weighted by Crippen LogP contribution is 2.55. The van der Waals surface area contributed by atoms with E-state index in [4.69, 9.17) is 0 Å². The van der Waals surface area contributed by atoms with Crippen LogP contribution in [-0.2, 0) is 40.7 Å². The summed E-state index contributed by atoms with van der Waals surface area (Å²) in [6, 6.07) is 31.0. The highest BCUT2D eigenvalue weighted by Gasteiger charge is 2.46. The number of allylic oxidation sites excluding steroid dienone is 2. The van der Waals surface area contributed by atoms with E-state index >= 15 is 0 Å².